The lowest BCUT2D eigenvalue weighted by molar-refractivity contribution is -0.228. The van der Waals surface area contributed by atoms with Gasteiger partial charge in [-0.05, 0) is 11.4 Å². The first-order valence-corrected chi connectivity index (χ1v) is 5.09. The highest BCUT2D eigenvalue weighted by Gasteiger charge is 2.34. The zero-order valence-electron chi connectivity index (χ0n) is 9.04. The standard InChI is InChI=1S/C9H17N3O3/c1-6-7(2)9(15-5-8(6)13)14-4-3-11-12-10/h6-9,13H,3-5H2,1-2H3/t6-,7?,8-,9-/m1/s1. The van der Waals surface area contributed by atoms with Crippen LogP contribution in [0.15, 0.2) is 5.11 Å². The van der Waals surface area contributed by atoms with Crippen molar-refractivity contribution in [2.24, 2.45) is 17.0 Å². The minimum absolute atomic E-state index is 0.139. The van der Waals surface area contributed by atoms with E-state index in [2.05, 4.69) is 10.0 Å². The molecule has 1 aliphatic rings. The summed E-state index contributed by atoms with van der Waals surface area (Å²) in [6, 6.07) is 0. The van der Waals surface area contributed by atoms with Crippen LogP contribution in [0.2, 0.25) is 0 Å². The molecule has 1 aliphatic heterocycles. The molecule has 1 rings (SSSR count). The van der Waals surface area contributed by atoms with Crippen LogP contribution in [0.1, 0.15) is 13.8 Å². The SMILES string of the molecule is CC1[C@H](OCCN=[N+]=[N-])OC[C@@H](O)[C@@H]1C. The summed E-state index contributed by atoms with van der Waals surface area (Å²) in [5, 5.41) is 12.9. The monoisotopic (exact) mass is 215 g/mol. The van der Waals surface area contributed by atoms with Crippen molar-refractivity contribution in [3.63, 3.8) is 0 Å². The van der Waals surface area contributed by atoms with Crippen molar-refractivity contribution in [3.05, 3.63) is 10.4 Å². The Balaban J connectivity index is 2.32. The molecule has 0 aromatic carbocycles. The van der Waals surface area contributed by atoms with Crippen LogP contribution in [0.3, 0.4) is 0 Å². The van der Waals surface area contributed by atoms with Gasteiger partial charge in [0.25, 0.3) is 0 Å². The predicted octanol–water partition coefficient (Wildman–Crippen LogP) is 1.30. The first kappa shape index (κ1) is 12.3. The molecule has 0 saturated carbocycles. The van der Waals surface area contributed by atoms with Gasteiger partial charge in [0.1, 0.15) is 0 Å². The highest BCUT2D eigenvalue weighted by atomic mass is 16.7. The van der Waals surface area contributed by atoms with Gasteiger partial charge < -0.3 is 14.6 Å². The topological polar surface area (TPSA) is 87.5 Å². The average Bonchev–Trinajstić information content (AvgIpc) is 2.24. The normalized spacial score (nSPS) is 35.9. The third-order valence-electron chi connectivity index (χ3n) is 2.83. The molecule has 0 amide bonds. The molecule has 1 N–H and O–H groups in total. The van der Waals surface area contributed by atoms with Crippen LogP contribution in [0.4, 0.5) is 0 Å². The summed E-state index contributed by atoms with van der Waals surface area (Å²) < 4.78 is 10.8. The van der Waals surface area contributed by atoms with E-state index in [4.69, 9.17) is 15.0 Å². The largest absolute Gasteiger partial charge is 0.390 e. The maximum Gasteiger partial charge on any atom is 0.160 e. The van der Waals surface area contributed by atoms with Crippen LogP contribution in [-0.4, -0.2) is 37.3 Å². The molecular weight excluding hydrogens is 198 g/mol. The maximum absolute atomic E-state index is 9.53. The van der Waals surface area contributed by atoms with Crippen LogP contribution in [0.5, 0.6) is 0 Å². The first-order valence-electron chi connectivity index (χ1n) is 5.09. The number of aliphatic hydroxyl groups excluding tert-OH is 1. The van der Waals surface area contributed by atoms with E-state index in [0.717, 1.165) is 0 Å². The molecule has 15 heavy (non-hydrogen) atoms. The summed E-state index contributed by atoms with van der Waals surface area (Å²) in [5.41, 5.74) is 8.07. The third kappa shape index (κ3) is 3.35. The van der Waals surface area contributed by atoms with Crippen LogP contribution >= 0.6 is 0 Å². The van der Waals surface area contributed by atoms with E-state index in [1.807, 2.05) is 13.8 Å². The van der Waals surface area contributed by atoms with Gasteiger partial charge in [-0.3, -0.25) is 0 Å². The maximum atomic E-state index is 9.53. The van der Waals surface area contributed by atoms with E-state index in [-0.39, 0.29) is 18.1 Å². The Morgan fingerprint density at radius 2 is 2.27 bits per heavy atom. The zero-order chi connectivity index (χ0) is 11.3. The molecule has 0 bridgehead atoms. The summed E-state index contributed by atoms with van der Waals surface area (Å²) in [6.45, 7) is 4.91. The van der Waals surface area contributed by atoms with Crippen molar-refractivity contribution >= 4 is 0 Å². The van der Waals surface area contributed by atoms with Gasteiger partial charge in [0, 0.05) is 17.4 Å². The van der Waals surface area contributed by atoms with Crippen molar-refractivity contribution in [2.75, 3.05) is 19.8 Å². The molecular formula is C9H17N3O3. The van der Waals surface area contributed by atoms with Crippen LogP contribution in [0.25, 0.3) is 10.4 Å². The average molecular weight is 215 g/mol. The highest BCUT2D eigenvalue weighted by molar-refractivity contribution is 4.77. The number of rotatable bonds is 4. The second kappa shape index (κ2) is 5.92. The number of nitrogens with zero attached hydrogens (tertiary/aromatic N) is 3. The van der Waals surface area contributed by atoms with Crippen LogP contribution in [0, 0.1) is 11.8 Å². The lowest BCUT2D eigenvalue weighted by Gasteiger charge is -2.37. The summed E-state index contributed by atoms with van der Waals surface area (Å²) >= 11 is 0. The first-order chi connectivity index (χ1) is 7.16. The molecule has 1 saturated heterocycles. The van der Waals surface area contributed by atoms with Crippen molar-refractivity contribution in [3.8, 4) is 0 Å². The minimum atomic E-state index is -0.419. The molecule has 6 heteroatoms. The molecule has 0 radical (unpaired) electrons. The zero-order valence-corrected chi connectivity index (χ0v) is 9.04. The van der Waals surface area contributed by atoms with E-state index >= 15 is 0 Å². The van der Waals surface area contributed by atoms with Crippen LogP contribution < -0.4 is 0 Å². The third-order valence-corrected chi connectivity index (χ3v) is 2.83. The Hall–Kier alpha value is -0.810. The van der Waals surface area contributed by atoms with E-state index in [9.17, 15) is 5.11 Å². The molecule has 1 unspecified atom stereocenters. The number of ether oxygens (including phenoxy) is 2. The lowest BCUT2D eigenvalue weighted by Crippen LogP contribution is -2.44. The van der Waals surface area contributed by atoms with Crippen molar-refractivity contribution in [1.82, 2.24) is 0 Å². The summed E-state index contributed by atoms with van der Waals surface area (Å²) in [5.74, 6) is 0.294. The van der Waals surface area contributed by atoms with Crippen molar-refractivity contribution in [2.45, 2.75) is 26.2 Å². The van der Waals surface area contributed by atoms with Gasteiger partial charge >= 0.3 is 0 Å². The van der Waals surface area contributed by atoms with Gasteiger partial charge in [-0.15, -0.1) is 0 Å². The second-order valence-corrected chi connectivity index (χ2v) is 3.81. The Bertz CT molecular complexity index is 243. The van der Waals surface area contributed by atoms with Gasteiger partial charge in [0.05, 0.1) is 19.3 Å². The fourth-order valence-electron chi connectivity index (χ4n) is 1.55. The highest BCUT2D eigenvalue weighted by Crippen LogP contribution is 2.27. The number of azide groups is 1. The van der Waals surface area contributed by atoms with Gasteiger partial charge in [-0.1, -0.05) is 19.0 Å². The predicted molar refractivity (Wildman–Crippen MR) is 54.0 cm³/mol. The molecule has 0 aromatic heterocycles. The summed E-state index contributed by atoms with van der Waals surface area (Å²) in [6.07, 6.45) is -0.728. The minimum Gasteiger partial charge on any atom is -0.390 e. The molecule has 1 fully saturated rings. The van der Waals surface area contributed by atoms with E-state index in [0.29, 0.717) is 19.8 Å². The van der Waals surface area contributed by atoms with Crippen molar-refractivity contribution < 1.29 is 14.6 Å². The van der Waals surface area contributed by atoms with E-state index in [1.165, 1.54) is 0 Å². The molecule has 0 aromatic rings. The van der Waals surface area contributed by atoms with Crippen LogP contribution in [-0.2, 0) is 9.47 Å². The second-order valence-electron chi connectivity index (χ2n) is 3.81. The van der Waals surface area contributed by atoms with Gasteiger partial charge in [0.15, 0.2) is 6.29 Å². The molecule has 6 nitrogen and oxygen atoms in total. The smallest absolute Gasteiger partial charge is 0.160 e. The molecule has 4 atom stereocenters. The fourth-order valence-corrected chi connectivity index (χ4v) is 1.55. The quantitative estimate of drug-likeness (QED) is 0.332. The van der Waals surface area contributed by atoms with Gasteiger partial charge in [-0.2, -0.15) is 0 Å². The molecule has 86 valence electrons. The van der Waals surface area contributed by atoms with E-state index < -0.39 is 6.10 Å². The number of aliphatic hydroxyl groups is 1. The number of hydrogen-bond acceptors (Lipinski definition) is 4. The molecule has 0 aliphatic carbocycles. The number of hydrogen-bond donors (Lipinski definition) is 1. The van der Waals surface area contributed by atoms with Gasteiger partial charge in [-0.25, -0.2) is 0 Å². The molecule has 0 spiro atoms. The lowest BCUT2D eigenvalue weighted by atomic mass is 9.88. The Kier molecular flexibility index (Phi) is 4.84. The Morgan fingerprint density at radius 1 is 1.53 bits per heavy atom. The van der Waals surface area contributed by atoms with Gasteiger partial charge in [0.2, 0.25) is 0 Å². The Labute approximate surface area is 88.8 Å². The van der Waals surface area contributed by atoms with E-state index in [1.54, 1.807) is 0 Å². The fraction of sp³-hybridized carbons (Fsp3) is 1.00. The summed E-state index contributed by atoms with van der Waals surface area (Å²) in [7, 11) is 0. The molecule has 1 heterocycles. The summed E-state index contributed by atoms with van der Waals surface area (Å²) in [4.78, 5) is 2.63. The van der Waals surface area contributed by atoms with Crippen molar-refractivity contribution in [1.29, 1.82) is 0 Å². The Morgan fingerprint density at radius 3 is 2.93 bits per heavy atom.